The van der Waals surface area contributed by atoms with Crippen molar-refractivity contribution in [1.82, 2.24) is 0 Å². The van der Waals surface area contributed by atoms with Crippen LogP contribution in [0.5, 0.6) is 0 Å². The maximum atomic E-state index is 10.8. The Labute approximate surface area is 67.3 Å². The fourth-order valence-corrected chi connectivity index (χ4v) is 1.04. The Bertz CT molecular complexity index is 268. The monoisotopic (exact) mass is 176 g/mol. The van der Waals surface area contributed by atoms with E-state index < -0.39 is 21.2 Å². The summed E-state index contributed by atoms with van der Waals surface area (Å²) in [4.78, 5) is 0. The second kappa shape index (κ2) is 3.74. The van der Waals surface area contributed by atoms with Gasteiger partial charge in [0.05, 0.1) is 5.25 Å². The average molecular weight is 176 g/mol. The van der Waals surface area contributed by atoms with Gasteiger partial charge in [0.25, 0.3) is 0 Å². The minimum Gasteiger partial charge on any atom is -0.379 e. The fraction of sp³-hybridized carbons (Fsp3) is 0.714. The number of aliphatic hydroxyl groups excluding tert-OH is 1. The Morgan fingerprint density at radius 1 is 1.45 bits per heavy atom. The van der Waals surface area contributed by atoms with Gasteiger partial charge < -0.3 is 5.11 Å². The van der Waals surface area contributed by atoms with Gasteiger partial charge in [0.2, 0.25) is 0 Å². The van der Waals surface area contributed by atoms with Crippen molar-refractivity contribution in [2.24, 2.45) is 0 Å². The van der Waals surface area contributed by atoms with Crippen molar-refractivity contribution in [2.75, 3.05) is 6.26 Å². The van der Waals surface area contributed by atoms with E-state index in [1.807, 2.05) is 0 Å². The van der Waals surface area contributed by atoms with Gasteiger partial charge >= 0.3 is 0 Å². The summed E-state index contributed by atoms with van der Waals surface area (Å²) in [5.41, 5.74) is 0. The topological polar surface area (TPSA) is 54.4 Å². The molecule has 0 bridgehead atoms. The minimum absolute atomic E-state index is 0.810. The summed E-state index contributed by atoms with van der Waals surface area (Å²) in [7, 11) is -3.18. The average Bonchev–Trinajstić information content (AvgIpc) is 1.85. The zero-order valence-corrected chi connectivity index (χ0v) is 7.64. The van der Waals surface area contributed by atoms with Crippen molar-refractivity contribution >= 4 is 9.84 Å². The number of hydrogen-bond donors (Lipinski definition) is 1. The number of aliphatic hydroxyl groups is 1. The van der Waals surface area contributed by atoms with Crippen LogP contribution in [0.25, 0.3) is 0 Å². The second-order valence-corrected chi connectivity index (χ2v) is 4.78. The van der Waals surface area contributed by atoms with Crippen LogP contribution in [-0.2, 0) is 9.84 Å². The molecule has 0 fully saturated rings. The maximum Gasteiger partial charge on any atom is 0.153 e. The molecule has 0 saturated carbocycles. The normalized spacial score (nSPS) is 16.4. The molecule has 0 rings (SSSR count). The highest BCUT2D eigenvalue weighted by Crippen LogP contribution is 2.02. The summed E-state index contributed by atoms with van der Waals surface area (Å²) in [6.07, 6.45) is 0.00750. The molecule has 0 saturated heterocycles. The lowest BCUT2D eigenvalue weighted by molar-refractivity contribution is 0.230. The summed E-state index contributed by atoms with van der Waals surface area (Å²) in [5.74, 6) is 4.83. The van der Waals surface area contributed by atoms with Gasteiger partial charge in [0.15, 0.2) is 9.84 Å². The molecule has 0 amide bonds. The van der Waals surface area contributed by atoms with Gasteiger partial charge in [0, 0.05) is 6.26 Å². The lowest BCUT2D eigenvalue weighted by Crippen LogP contribution is -2.29. The van der Waals surface area contributed by atoms with Crippen molar-refractivity contribution < 1.29 is 13.5 Å². The van der Waals surface area contributed by atoms with Crippen LogP contribution in [-0.4, -0.2) is 31.1 Å². The summed E-state index contributed by atoms with van der Waals surface area (Å²) in [6.45, 7) is 2.99. The number of rotatable bonds is 2. The zero-order valence-electron chi connectivity index (χ0n) is 6.83. The molecule has 0 radical (unpaired) electrons. The van der Waals surface area contributed by atoms with E-state index in [0.717, 1.165) is 6.26 Å². The standard InChI is InChI=1S/C7H12O3S/c1-4-5-7(8)6(2)11(3,9)10/h6-8H,1-3H3/t6-,7+/m1/s1. The summed E-state index contributed by atoms with van der Waals surface area (Å²) in [5, 5.41) is 8.29. The quantitative estimate of drug-likeness (QED) is 0.593. The van der Waals surface area contributed by atoms with Crippen LogP contribution in [0.15, 0.2) is 0 Å². The predicted octanol–water partition coefficient (Wildman–Crippen LogP) is -0.196. The molecular formula is C7H12O3S. The molecule has 0 unspecified atom stereocenters. The summed E-state index contributed by atoms with van der Waals surface area (Å²) >= 11 is 0. The highest BCUT2D eigenvalue weighted by molar-refractivity contribution is 7.91. The van der Waals surface area contributed by atoms with Gasteiger partial charge in [-0.2, -0.15) is 0 Å². The van der Waals surface area contributed by atoms with Crippen LogP contribution in [0, 0.1) is 11.8 Å². The Morgan fingerprint density at radius 3 is 2.18 bits per heavy atom. The maximum absolute atomic E-state index is 10.8. The Balaban J connectivity index is 4.47. The van der Waals surface area contributed by atoms with Crippen molar-refractivity contribution in [2.45, 2.75) is 25.2 Å². The van der Waals surface area contributed by atoms with E-state index >= 15 is 0 Å². The molecule has 0 aliphatic heterocycles. The van der Waals surface area contributed by atoms with Crippen molar-refractivity contribution in [3.05, 3.63) is 0 Å². The minimum atomic E-state index is -3.18. The van der Waals surface area contributed by atoms with E-state index in [4.69, 9.17) is 5.11 Å². The van der Waals surface area contributed by atoms with Gasteiger partial charge in [-0.1, -0.05) is 5.92 Å². The second-order valence-electron chi connectivity index (χ2n) is 2.37. The van der Waals surface area contributed by atoms with Crippen LogP contribution in [0.4, 0.5) is 0 Å². The molecule has 0 aromatic carbocycles. The lowest BCUT2D eigenvalue weighted by atomic mass is 10.3. The molecule has 4 heteroatoms. The summed E-state index contributed by atoms with van der Waals surface area (Å²) < 4.78 is 21.6. The third-order valence-corrected chi connectivity index (χ3v) is 3.02. The molecule has 0 aromatic heterocycles. The van der Waals surface area contributed by atoms with Gasteiger partial charge in [-0.25, -0.2) is 8.42 Å². The molecule has 2 atom stereocenters. The molecule has 11 heavy (non-hydrogen) atoms. The highest BCUT2D eigenvalue weighted by Gasteiger charge is 2.21. The fourth-order valence-electron chi connectivity index (χ4n) is 0.499. The Hall–Kier alpha value is -0.530. The molecule has 3 nitrogen and oxygen atoms in total. The van der Waals surface area contributed by atoms with E-state index in [2.05, 4.69) is 11.8 Å². The number of hydrogen-bond acceptors (Lipinski definition) is 3. The first kappa shape index (κ1) is 10.5. The smallest absolute Gasteiger partial charge is 0.153 e. The van der Waals surface area contributed by atoms with E-state index in [1.54, 1.807) is 6.92 Å². The molecule has 0 aliphatic carbocycles. The predicted molar refractivity (Wildman–Crippen MR) is 43.8 cm³/mol. The molecular weight excluding hydrogens is 164 g/mol. The van der Waals surface area contributed by atoms with Gasteiger partial charge in [0.1, 0.15) is 6.10 Å². The van der Waals surface area contributed by atoms with Gasteiger partial charge in [-0.3, -0.25) is 0 Å². The first-order valence-corrected chi connectivity index (χ1v) is 5.14. The third kappa shape index (κ3) is 3.40. The van der Waals surface area contributed by atoms with Gasteiger partial charge in [-0.05, 0) is 13.8 Å². The molecule has 0 aromatic rings. The van der Waals surface area contributed by atoms with Crippen LogP contribution < -0.4 is 0 Å². The Morgan fingerprint density at radius 2 is 1.91 bits per heavy atom. The van der Waals surface area contributed by atoms with Crippen molar-refractivity contribution in [3.63, 3.8) is 0 Å². The summed E-state index contributed by atoms with van der Waals surface area (Å²) in [6, 6.07) is 0. The third-order valence-electron chi connectivity index (χ3n) is 1.41. The van der Waals surface area contributed by atoms with Gasteiger partial charge in [-0.15, -0.1) is 5.92 Å². The van der Waals surface area contributed by atoms with Crippen LogP contribution in [0.2, 0.25) is 0 Å². The molecule has 0 aliphatic rings. The van der Waals surface area contributed by atoms with Crippen molar-refractivity contribution in [1.29, 1.82) is 0 Å². The number of sulfone groups is 1. The van der Waals surface area contributed by atoms with Crippen molar-refractivity contribution in [3.8, 4) is 11.8 Å². The van der Waals surface area contributed by atoms with E-state index in [1.165, 1.54) is 6.92 Å². The van der Waals surface area contributed by atoms with Crippen LogP contribution in [0.3, 0.4) is 0 Å². The molecule has 0 heterocycles. The SMILES string of the molecule is CC#C[C@H](O)[C@@H](C)S(C)(=O)=O. The Kier molecular flexibility index (Phi) is 3.56. The van der Waals surface area contributed by atoms with Crippen LogP contribution in [0.1, 0.15) is 13.8 Å². The largest absolute Gasteiger partial charge is 0.379 e. The first-order chi connectivity index (χ1) is 4.89. The zero-order chi connectivity index (χ0) is 9.07. The molecule has 64 valence electrons. The first-order valence-electron chi connectivity index (χ1n) is 3.18. The van der Waals surface area contributed by atoms with E-state index in [0.29, 0.717) is 0 Å². The highest BCUT2D eigenvalue weighted by atomic mass is 32.2. The van der Waals surface area contributed by atoms with E-state index in [9.17, 15) is 8.42 Å². The van der Waals surface area contributed by atoms with E-state index in [-0.39, 0.29) is 0 Å². The molecule has 1 N–H and O–H groups in total. The lowest BCUT2D eigenvalue weighted by Gasteiger charge is -2.10. The molecule has 0 spiro atoms. The van der Waals surface area contributed by atoms with Crippen LogP contribution >= 0.6 is 0 Å².